The molecular weight excluding hydrogens is 1780 g/mol. The van der Waals surface area contributed by atoms with E-state index in [1.165, 1.54) is 429 Å². The van der Waals surface area contributed by atoms with Crippen LogP contribution in [0.15, 0.2) is 11.6 Å². The van der Waals surface area contributed by atoms with Crippen LogP contribution in [0.25, 0.3) is 0 Å². The summed E-state index contributed by atoms with van der Waals surface area (Å²) in [6.45, 7) is 133. The van der Waals surface area contributed by atoms with Gasteiger partial charge in [0, 0.05) is 0 Å². The molecule has 148 heavy (non-hydrogen) atoms. The van der Waals surface area contributed by atoms with E-state index in [9.17, 15) is 0 Å². The first-order valence-corrected chi connectivity index (χ1v) is 67.7. The monoisotopic (exact) mass is 2090 g/mol. The molecule has 0 aliphatic heterocycles. The Morgan fingerprint density at radius 1 is 0.176 bits per heavy atom. The third-order valence-electron chi connectivity index (χ3n) is 32.8. The molecule has 0 radical (unpaired) electrons. The second kappa shape index (κ2) is 106. The molecule has 0 aliphatic carbocycles. The van der Waals surface area contributed by atoms with Gasteiger partial charge in [0.1, 0.15) is 0 Å². The first-order valence-electron chi connectivity index (χ1n) is 67.7. The van der Waals surface area contributed by atoms with Crippen LogP contribution in [0.3, 0.4) is 0 Å². The second-order valence-corrected chi connectivity index (χ2v) is 63.0. The van der Waals surface area contributed by atoms with Crippen LogP contribution in [-0.2, 0) is 0 Å². The summed E-state index contributed by atoms with van der Waals surface area (Å²) in [4.78, 5) is 0. The van der Waals surface area contributed by atoms with Gasteiger partial charge in [-0.05, 0) is 202 Å². The fraction of sp³-hybridized carbons (Fsp3) is 0.986. The molecule has 0 rings (SSSR count). The molecule has 0 aromatic carbocycles. The third-order valence-corrected chi connectivity index (χ3v) is 32.8. The fourth-order valence-electron chi connectivity index (χ4n) is 19.9. The van der Waals surface area contributed by atoms with Gasteiger partial charge in [0.05, 0.1) is 0 Å². The Bertz CT molecular complexity index is 2500. The van der Waals surface area contributed by atoms with Crippen LogP contribution in [0.5, 0.6) is 0 Å². The molecule has 0 aromatic heterocycles. The zero-order chi connectivity index (χ0) is 117. The molecule has 0 fully saturated rings. The average molecular weight is 2100 g/mol. The summed E-state index contributed by atoms with van der Waals surface area (Å²) in [6, 6.07) is 0. The number of unbranched alkanes of at least 4 members (excludes halogenated alkanes) is 28. The highest BCUT2D eigenvalue weighted by atomic mass is 14.3. The lowest BCUT2D eigenvalue weighted by Crippen LogP contribution is -2.19. The third kappa shape index (κ3) is 154. The molecule has 0 amide bonds. The van der Waals surface area contributed by atoms with Gasteiger partial charge in [0.15, 0.2) is 0 Å². The highest BCUT2D eigenvalue weighted by Gasteiger charge is 2.27. The maximum Gasteiger partial charge on any atom is -0.0346 e. The molecule has 0 spiro atoms. The zero-order valence-corrected chi connectivity index (χ0v) is 117. The summed E-state index contributed by atoms with van der Waals surface area (Å²) >= 11 is 0. The Balaban J connectivity index is -0.000000157. The topological polar surface area (TPSA) is 0 Å². The van der Waals surface area contributed by atoms with E-state index in [0.29, 0.717) is 59.6 Å². The number of hydrogen-bond acceptors (Lipinski definition) is 0. The van der Waals surface area contributed by atoms with E-state index in [1.54, 1.807) is 0 Å². The van der Waals surface area contributed by atoms with Gasteiger partial charge >= 0.3 is 0 Å². The molecule has 0 heterocycles. The summed E-state index contributed by atoms with van der Waals surface area (Å²) in [5, 5.41) is 0. The minimum atomic E-state index is 0.505. The first kappa shape index (κ1) is 170. The molecule has 0 bridgehead atoms. The normalized spacial score (nSPS) is 14.3. The van der Waals surface area contributed by atoms with Gasteiger partial charge in [0.25, 0.3) is 0 Å². The second-order valence-electron chi connectivity index (χ2n) is 63.0. The molecule has 0 aromatic rings. The molecule has 0 heteroatoms. The SMILES string of the molecule is CC(C)=CCCC(C)CCC(C)(C)C.CC(C)CCCC(C)CCC(C)(C)C.CCC(C)C(C)(C)C.CCCC(C)C(C)(C)C.CCCCC(C)C(C)(C)C.CCCCC(CC)C(C)(C)C.CCCCC(CC)CC(C)(C)C.CCCCC(CCCC)CC(C)(C)C.CCCCCCC(C)C(C)(C)C.CCCCCCCCC(CCCCCC)CC(C)(C)C.CCCCCCCCCCC(CCCCCCCC)CC(C)(C)C. The van der Waals surface area contributed by atoms with Crippen molar-refractivity contribution >= 4 is 0 Å². The highest BCUT2D eigenvalue weighted by Crippen LogP contribution is 2.39. The minimum Gasteiger partial charge on any atom is -0.0859 e. The molecule has 0 saturated carbocycles. The van der Waals surface area contributed by atoms with E-state index in [-0.39, 0.29) is 0 Å². The molecule has 10 atom stereocenters. The standard InChI is InChI=1S/C24H50.C20H42.C14H30.C14H28.C14H30.2C12H26.C11H24.C10H22.C9H20.C8H18/c1-6-8-10-12-14-15-17-19-21-23(22-24(3,4)5)20-18-16-13-11-9-7-2;1-6-8-10-12-13-15-17-19(18-20(3,4)5)16-14-11-9-7-2;2*1-12(2)8-7-9-13(3)10-11-14(4,5)6;1-6-8-10-13(11-9-7-2)12-14(3,4)5;1-6-7-8-9-10-11(2)12(3,4)5;1-6-8-9-11(7-2)10-12(3,4)5;1-6-8-9-10(7-2)11(3,4)5;1-6-7-8-9(2)10(3,4)5;1-6-7-8(2)9(3,4)5;1-6-7(2)8(3,4)5/h23H,6-22H2,1-5H3;19H,6-18H2,1-5H3;12-13H,7-11H2,1-6H3;8,13H,7,9-11H2,1-6H3;13H,6-12H2,1-5H3;2*11H,6-10H2,1-5H3;10H,6-9H2,1-5H3;9H,6-8H2,1-5H3;8H,6-7H2,1-5H3;7H,6H2,1-5H3. The Kier molecular flexibility index (Phi) is 121. The van der Waals surface area contributed by atoms with E-state index in [4.69, 9.17) is 0 Å². The largest absolute Gasteiger partial charge is 0.0859 e. The average Bonchev–Trinajstić information content (AvgIpc) is 0.907. The van der Waals surface area contributed by atoms with Crippen LogP contribution in [0.1, 0.15) is 818 Å². The number of allylic oxidation sites excluding steroid dienone is 2. The van der Waals surface area contributed by atoms with Gasteiger partial charge in [0.2, 0.25) is 0 Å². The van der Waals surface area contributed by atoms with E-state index < -0.39 is 0 Å². The van der Waals surface area contributed by atoms with Crippen molar-refractivity contribution in [1.29, 1.82) is 0 Å². The molecule has 0 N–H and O–H groups in total. The number of rotatable bonds is 68. The van der Waals surface area contributed by atoms with Crippen molar-refractivity contribution in [2.45, 2.75) is 818 Å². The maximum atomic E-state index is 2.43. The lowest BCUT2D eigenvalue weighted by molar-refractivity contribution is 0.214. The van der Waals surface area contributed by atoms with E-state index in [0.717, 1.165) is 71.0 Å². The Hall–Kier alpha value is -0.260. The van der Waals surface area contributed by atoms with Gasteiger partial charge in [-0.25, -0.2) is 0 Å². The summed E-state index contributed by atoms with van der Waals surface area (Å²) in [6.07, 6.45) is 95.6. The Morgan fingerprint density at radius 3 is 0.628 bits per heavy atom. The minimum absolute atomic E-state index is 0.505. The van der Waals surface area contributed by atoms with Crippen molar-refractivity contribution in [1.82, 2.24) is 0 Å². The van der Waals surface area contributed by atoms with E-state index in [1.807, 2.05) is 0 Å². The van der Waals surface area contributed by atoms with Crippen molar-refractivity contribution in [3.8, 4) is 0 Å². The van der Waals surface area contributed by atoms with Crippen LogP contribution >= 0.6 is 0 Å². The fourth-order valence-corrected chi connectivity index (χ4v) is 19.9. The lowest BCUT2D eigenvalue weighted by Gasteiger charge is -2.29. The van der Waals surface area contributed by atoms with Gasteiger partial charge in [-0.2, -0.15) is 0 Å². The Morgan fingerprint density at radius 2 is 0.405 bits per heavy atom. The molecule has 0 aliphatic rings. The van der Waals surface area contributed by atoms with Crippen LogP contribution in [0.4, 0.5) is 0 Å². The van der Waals surface area contributed by atoms with Gasteiger partial charge < -0.3 is 0 Å². The number of hydrogen-bond donors (Lipinski definition) is 0. The molecule has 908 valence electrons. The maximum absolute atomic E-state index is 2.43. The van der Waals surface area contributed by atoms with E-state index in [2.05, 4.69) is 401 Å². The van der Waals surface area contributed by atoms with Crippen molar-refractivity contribution in [2.24, 2.45) is 131 Å². The molecular formula is C148H316. The van der Waals surface area contributed by atoms with Crippen LogP contribution in [0, 0.1) is 131 Å². The molecule has 0 saturated heterocycles. The van der Waals surface area contributed by atoms with Gasteiger partial charge in [-0.15, -0.1) is 0 Å². The Labute approximate surface area is 954 Å². The van der Waals surface area contributed by atoms with Crippen LogP contribution in [-0.4, -0.2) is 0 Å². The summed E-state index contributed by atoms with van der Waals surface area (Å²) < 4.78 is 0. The lowest BCUT2D eigenvalue weighted by atomic mass is 9.76. The quantitative estimate of drug-likeness (QED) is 0.0421. The predicted octanol–water partition coefficient (Wildman–Crippen LogP) is 56.9. The van der Waals surface area contributed by atoms with Crippen molar-refractivity contribution < 1.29 is 0 Å². The molecule has 10 unspecified atom stereocenters. The highest BCUT2D eigenvalue weighted by molar-refractivity contribution is 4.93. The zero-order valence-electron chi connectivity index (χ0n) is 117. The predicted molar refractivity (Wildman–Crippen MR) is 705 cm³/mol. The van der Waals surface area contributed by atoms with Crippen LogP contribution in [0.2, 0.25) is 0 Å². The van der Waals surface area contributed by atoms with Crippen molar-refractivity contribution in [3.05, 3.63) is 11.6 Å². The smallest absolute Gasteiger partial charge is 0.0346 e. The summed E-state index contributed by atoms with van der Waals surface area (Å²) in [7, 11) is 0. The molecule has 0 nitrogen and oxygen atoms in total. The summed E-state index contributed by atoms with van der Waals surface area (Å²) in [5.74, 6) is 11.0. The van der Waals surface area contributed by atoms with Gasteiger partial charge in [-0.1, -0.05) is 758 Å². The van der Waals surface area contributed by atoms with Crippen molar-refractivity contribution in [3.63, 3.8) is 0 Å². The van der Waals surface area contributed by atoms with E-state index >= 15 is 0 Å². The van der Waals surface area contributed by atoms with Gasteiger partial charge in [-0.3, -0.25) is 0 Å². The van der Waals surface area contributed by atoms with Crippen molar-refractivity contribution in [2.75, 3.05) is 0 Å². The van der Waals surface area contributed by atoms with Crippen LogP contribution < -0.4 is 0 Å². The first-order chi connectivity index (χ1) is 68.0. The summed E-state index contributed by atoms with van der Waals surface area (Å²) in [5.41, 5.74) is 7.09.